The second-order valence-electron chi connectivity index (χ2n) is 7.85. The van der Waals surface area contributed by atoms with Gasteiger partial charge in [0.05, 0.1) is 12.2 Å². The van der Waals surface area contributed by atoms with Crippen LogP contribution in [0.15, 0.2) is 48.8 Å². The second-order valence-corrected chi connectivity index (χ2v) is 7.85. The lowest BCUT2D eigenvalue weighted by molar-refractivity contribution is 0.716. The molecule has 8 heteroatoms. The normalized spacial score (nSPS) is 11.5. The molecule has 0 aliphatic carbocycles. The van der Waals surface area contributed by atoms with Gasteiger partial charge in [-0.2, -0.15) is 0 Å². The maximum atomic E-state index is 4.88. The summed E-state index contributed by atoms with van der Waals surface area (Å²) in [5.74, 6) is 1.73. The van der Waals surface area contributed by atoms with Crippen LogP contribution in [0.3, 0.4) is 0 Å². The Balaban J connectivity index is 1.49. The molecule has 5 rings (SSSR count). The fourth-order valence-corrected chi connectivity index (χ4v) is 3.97. The van der Waals surface area contributed by atoms with Crippen molar-refractivity contribution in [2.45, 2.75) is 40.2 Å². The predicted molar refractivity (Wildman–Crippen MR) is 119 cm³/mol. The van der Waals surface area contributed by atoms with Crippen LogP contribution >= 0.6 is 0 Å². The van der Waals surface area contributed by atoms with E-state index in [2.05, 4.69) is 92.0 Å². The summed E-state index contributed by atoms with van der Waals surface area (Å²) in [5, 5.41) is 14.3. The smallest absolute Gasteiger partial charge is 0.196 e. The molecule has 31 heavy (non-hydrogen) atoms. The Bertz CT molecular complexity index is 1330. The van der Waals surface area contributed by atoms with Crippen LogP contribution in [0.1, 0.15) is 35.9 Å². The molecule has 0 radical (unpaired) electrons. The van der Waals surface area contributed by atoms with Gasteiger partial charge in [0.25, 0.3) is 0 Å². The van der Waals surface area contributed by atoms with Gasteiger partial charge in [-0.25, -0.2) is 15.1 Å². The van der Waals surface area contributed by atoms with Gasteiger partial charge in [-0.1, -0.05) is 19.1 Å². The van der Waals surface area contributed by atoms with Gasteiger partial charge in [0.1, 0.15) is 11.3 Å². The zero-order valence-corrected chi connectivity index (χ0v) is 17.9. The molecule has 4 heterocycles. The van der Waals surface area contributed by atoms with E-state index in [1.54, 1.807) is 0 Å². The van der Waals surface area contributed by atoms with Crippen molar-refractivity contribution in [1.82, 2.24) is 39.7 Å². The number of nitrogens with zero attached hydrogens (tertiary/aromatic N) is 7. The quantitative estimate of drug-likeness (QED) is 0.455. The highest BCUT2D eigenvalue weighted by molar-refractivity contribution is 5.75. The lowest BCUT2D eigenvalue weighted by Gasteiger charge is -2.11. The van der Waals surface area contributed by atoms with Crippen LogP contribution in [-0.4, -0.2) is 39.7 Å². The lowest BCUT2D eigenvalue weighted by Crippen LogP contribution is -2.06. The minimum Gasteiger partial charge on any atom is -0.313 e. The van der Waals surface area contributed by atoms with Crippen LogP contribution in [0, 0.1) is 13.8 Å². The molecule has 0 aliphatic heterocycles. The molecule has 0 fully saturated rings. The van der Waals surface area contributed by atoms with E-state index >= 15 is 0 Å². The van der Waals surface area contributed by atoms with E-state index in [9.17, 15) is 0 Å². The molecule has 5 aromatic rings. The highest BCUT2D eigenvalue weighted by Crippen LogP contribution is 2.24. The summed E-state index contributed by atoms with van der Waals surface area (Å²) in [6.45, 7) is 7.07. The number of aryl methyl sites for hydroxylation is 3. The van der Waals surface area contributed by atoms with Crippen molar-refractivity contribution < 1.29 is 0 Å². The number of pyridine rings is 1. The largest absolute Gasteiger partial charge is 0.313 e. The highest BCUT2D eigenvalue weighted by atomic mass is 15.5. The first-order valence-corrected chi connectivity index (χ1v) is 10.5. The number of hydrogen-bond acceptors (Lipinski definition) is 5. The van der Waals surface area contributed by atoms with Crippen molar-refractivity contribution in [3.05, 3.63) is 71.3 Å². The third kappa shape index (κ3) is 3.50. The van der Waals surface area contributed by atoms with Crippen LogP contribution in [0.25, 0.3) is 28.4 Å². The van der Waals surface area contributed by atoms with Crippen LogP contribution in [0.2, 0.25) is 0 Å². The number of aromatic amines is 1. The molecule has 0 bridgehead atoms. The molecular formula is C23H24N8. The summed E-state index contributed by atoms with van der Waals surface area (Å²) in [6, 6.07) is 12.7. The number of imidazole rings is 1. The maximum Gasteiger partial charge on any atom is 0.196 e. The maximum absolute atomic E-state index is 4.88. The van der Waals surface area contributed by atoms with E-state index in [0.717, 1.165) is 58.9 Å². The highest BCUT2D eigenvalue weighted by Gasteiger charge is 2.14. The topological polar surface area (TPSA) is 90.1 Å². The molecule has 0 unspecified atom stereocenters. The fraction of sp³-hybridized carbons (Fsp3) is 0.261. The van der Waals surface area contributed by atoms with E-state index in [1.165, 1.54) is 5.56 Å². The molecule has 1 aromatic carbocycles. The van der Waals surface area contributed by atoms with Crippen molar-refractivity contribution in [3.63, 3.8) is 0 Å². The Morgan fingerprint density at radius 1 is 1.06 bits per heavy atom. The van der Waals surface area contributed by atoms with Gasteiger partial charge < -0.3 is 9.13 Å². The SMILES string of the molecule is CCCc1nc2c(C)ccnc2n1Cc1ccc(-n2cc(C)cc2-c2nnn[nH]2)cc1. The van der Waals surface area contributed by atoms with E-state index in [1.807, 2.05) is 12.3 Å². The third-order valence-corrected chi connectivity index (χ3v) is 5.49. The first-order valence-electron chi connectivity index (χ1n) is 10.5. The van der Waals surface area contributed by atoms with Crippen LogP contribution in [-0.2, 0) is 13.0 Å². The van der Waals surface area contributed by atoms with E-state index in [0.29, 0.717) is 5.82 Å². The molecule has 8 nitrogen and oxygen atoms in total. The number of H-pyrrole nitrogens is 1. The molecule has 0 atom stereocenters. The van der Waals surface area contributed by atoms with Crippen LogP contribution in [0.4, 0.5) is 0 Å². The van der Waals surface area contributed by atoms with Gasteiger partial charge in [0.2, 0.25) is 0 Å². The number of tetrazole rings is 1. The zero-order chi connectivity index (χ0) is 21.4. The van der Waals surface area contributed by atoms with Crippen molar-refractivity contribution in [3.8, 4) is 17.2 Å². The summed E-state index contributed by atoms with van der Waals surface area (Å²) < 4.78 is 4.34. The van der Waals surface area contributed by atoms with Crippen LogP contribution < -0.4 is 0 Å². The Hall–Kier alpha value is -3.81. The number of nitrogens with one attached hydrogen (secondary N) is 1. The Labute approximate surface area is 180 Å². The summed E-state index contributed by atoms with van der Waals surface area (Å²) in [5.41, 5.74) is 7.45. The standard InChI is InChI=1S/C23H24N8/c1-4-5-20-25-21-16(3)10-11-24-23(21)31(20)14-17-6-8-18(9-7-17)30-13-15(2)12-19(30)22-26-28-29-27-22/h6-13H,4-5,14H2,1-3H3,(H,26,27,28,29). The summed E-state index contributed by atoms with van der Waals surface area (Å²) in [6.07, 6.45) is 5.93. The van der Waals surface area contributed by atoms with E-state index in [4.69, 9.17) is 4.98 Å². The van der Waals surface area contributed by atoms with E-state index in [-0.39, 0.29) is 0 Å². The lowest BCUT2D eigenvalue weighted by atomic mass is 10.2. The zero-order valence-electron chi connectivity index (χ0n) is 17.9. The van der Waals surface area contributed by atoms with Crippen LogP contribution in [0.5, 0.6) is 0 Å². The summed E-state index contributed by atoms with van der Waals surface area (Å²) in [7, 11) is 0. The van der Waals surface area contributed by atoms with Gasteiger partial charge in [-0.3, -0.25) is 0 Å². The van der Waals surface area contributed by atoms with Gasteiger partial charge in [0.15, 0.2) is 11.5 Å². The van der Waals surface area contributed by atoms with Crippen molar-refractivity contribution in [2.24, 2.45) is 0 Å². The van der Waals surface area contributed by atoms with Gasteiger partial charge >= 0.3 is 0 Å². The Morgan fingerprint density at radius 2 is 1.90 bits per heavy atom. The fourth-order valence-electron chi connectivity index (χ4n) is 3.97. The average molecular weight is 413 g/mol. The number of aromatic nitrogens is 8. The number of hydrogen-bond donors (Lipinski definition) is 1. The minimum atomic E-state index is 0.646. The molecule has 0 saturated carbocycles. The Morgan fingerprint density at radius 3 is 2.65 bits per heavy atom. The number of benzene rings is 1. The van der Waals surface area contributed by atoms with Crippen molar-refractivity contribution in [1.29, 1.82) is 0 Å². The molecule has 1 N–H and O–H groups in total. The predicted octanol–water partition coefficient (Wildman–Crippen LogP) is 4.02. The first-order chi connectivity index (χ1) is 15.1. The van der Waals surface area contributed by atoms with E-state index < -0.39 is 0 Å². The minimum absolute atomic E-state index is 0.646. The molecule has 4 aromatic heterocycles. The summed E-state index contributed by atoms with van der Waals surface area (Å²) >= 11 is 0. The average Bonchev–Trinajstić information content (AvgIpc) is 3.50. The molecule has 0 saturated heterocycles. The molecule has 0 aliphatic rings. The molecular weight excluding hydrogens is 388 g/mol. The Kier molecular flexibility index (Phi) is 4.82. The molecule has 156 valence electrons. The second kappa shape index (κ2) is 7.79. The molecule has 0 spiro atoms. The third-order valence-electron chi connectivity index (χ3n) is 5.49. The van der Waals surface area contributed by atoms with Gasteiger partial charge in [-0.15, -0.1) is 5.10 Å². The first kappa shape index (κ1) is 19.2. The monoisotopic (exact) mass is 412 g/mol. The van der Waals surface area contributed by atoms with Crippen molar-refractivity contribution >= 4 is 11.2 Å². The number of rotatable bonds is 6. The molecule has 0 amide bonds. The summed E-state index contributed by atoms with van der Waals surface area (Å²) in [4.78, 5) is 9.50. The van der Waals surface area contributed by atoms with Gasteiger partial charge in [-0.05, 0) is 71.7 Å². The van der Waals surface area contributed by atoms with Gasteiger partial charge in [0, 0.05) is 24.5 Å². The van der Waals surface area contributed by atoms with Crippen molar-refractivity contribution in [2.75, 3.05) is 0 Å². The number of fused-ring (bicyclic) bond motifs is 1.